The van der Waals surface area contributed by atoms with Crippen molar-refractivity contribution < 1.29 is 9.47 Å². The van der Waals surface area contributed by atoms with E-state index >= 15 is 0 Å². The predicted octanol–water partition coefficient (Wildman–Crippen LogP) is 1.57. The number of nitrogens with one attached hydrogen (secondary N) is 2. The van der Waals surface area contributed by atoms with Crippen molar-refractivity contribution in [1.29, 1.82) is 0 Å². The van der Waals surface area contributed by atoms with Crippen molar-refractivity contribution in [2.24, 2.45) is 4.99 Å². The van der Waals surface area contributed by atoms with Crippen LogP contribution < -0.4 is 10.6 Å². The van der Waals surface area contributed by atoms with Crippen molar-refractivity contribution in [2.75, 3.05) is 60.2 Å². The largest absolute Gasteiger partial charge is 0.385 e. The number of guanidine groups is 1. The molecule has 1 aliphatic heterocycles. The minimum absolute atomic E-state index is 0.307. The van der Waals surface area contributed by atoms with Gasteiger partial charge in [-0.1, -0.05) is 29.8 Å². The van der Waals surface area contributed by atoms with E-state index in [-0.39, 0.29) is 0 Å². The molecule has 0 saturated carbocycles. The van der Waals surface area contributed by atoms with Crippen LogP contribution in [0.4, 0.5) is 0 Å². The highest BCUT2D eigenvalue weighted by Crippen LogP contribution is 2.21. The maximum atomic E-state index is 5.52. The Labute approximate surface area is 151 Å². The third-order valence-corrected chi connectivity index (χ3v) is 4.45. The standard InChI is InChI=1S/C19H32N4O2/c1-16-5-7-17(8-6-16)18(23-10-13-25-14-11-23)15-22-19(20-2)21-9-4-12-24-3/h5-8,18H,4,9-15H2,1-3H3,(H2,20,21,22). The van der Waals surface area contributed by atoms with Gasteiger partial charge in [-0.2, -0.15) is 0 Å². The van der Waals surface area contributed by atoms with Crippen molar-refractivity contribution in [1.82, 2.24) is 15.5 Å². The summed E-state index contributed by atoms with van der Waals surface area (Å²) in [6.45, 7) is 8.05. The summed E-state index contributed by atoms with van der Waals surface area (Å²) < 4.78 is 10.6. The monoisotopic (exact) mass is 348 g/mol. The number of aryl methyl sites for hydroxylation is 1. The van der Waals surface area contributed by atoms with Gasteiger partial charge in [0.05, 0.1) is 19.3 Å². The van der Waals surface area contributed by atoms with Crippen LogP contribution in [0.25, 0.3) is 0 Å². The molecule has 1 aliphatic rings. The molecule has 6 nitrogen and oxygen atoms in total. The SMILES string of the molecule is CN=C(NCCCOC)NCC(c1ccc(C)cc1)N1CCOCC1. The fourth-order valence-electron chi connectivity index (χ4n) is 2.97. The number of rotatable bonds is 8. The summed E-state index contributed by atoms with van der Waals surface area (Å²) in [5, 5.41) is 6.81. The molecule has 1 saturated heterocycles. The van der Waals surface area contributed by atoms with E-state index in [0.29, 0.717) is 6.04 Å². The van der Waals surface area contributed by atoms with Gasteiger partial charge in [-0.25, -0.2) is 0 Å². The Bertz CT molecular complexity index is 513. The first-order chi connectivity index (χ1) is 12.2. The number of hydrogen-bond donors (Lipinski definition) is 2. The van der Waals surface area contributed by atoms with Crippen molar-refractivity contribution in [3.8, 4) is 0 Å². The summed E-state index contributed by atoms with van der Waals surface area (Å²) >= 11 is 0. The Morgan fingerprint density at radius 2 is 1.96 bits per heavy atom. The van der Waals surface area contributed by atoms with E-state index < -0.39 is 0 Å². The van der Waals surface area contributed by atoms with Crippen LogP contribution in [0.3, 0.4) is 0 Å². The summed E-state index contributed by atoms with van der Waals surface area (Å²) in [6, 6.07) is 9.13. The van der Waals surface area contributed by atoms with Crippen molar-refractivity contribution >= 4 is 5.96 Å². The van der Waals surface area contributed by atoms with Gasteiger partial charge >= 0.3 is 0 Å². The van der Waals surface area contributed by atoms with Crippen LogP contribution in [0.5, 0.6) is 0 Å². The van der Waals surface area contributed by atoms with E-state index in [1.54, 1.807) is 14.2 Å². The summed E-state index contributed by atoms with van der Waals surface area (Å²) in [5.74, 6) is 0.835. The van der Waals surface area contributed by atoms with Crippen LogP contribution in [0.2, 0.25) is 0 Å². The lowest BCUT2D eigenvalue weighted by Gasteiger charge is -2.35. The molecule has 2 N–H and O–H groups in total. The highest BCUT2D eigenvalue weighted by molar-refractivity contribution is 5.79. The molecule has 0 bridgehead atoms. The van der Waals surface area contributed by atoms with E-state index in [1.165, 1.54) is 11.1 Å². The maximum absolute atomic E-state index is 5.52. The average Bonchev–Trinajstić information content (AvgIpc) is 2.66. The molecule has 1 aromatic carbocycles. The normalized spacial score (nSPS) is 17.3. The van der Waals surface area contributed by atoms with Gasteiger partial charge in [-0.15, -0.1) is 0 Å². The van der Waals surface area contributed by atoms with Gasteiger partial charge < -0.3 is 20.1 Å². The molecular weight excluding hydrogens is 316 g/mol. The van der Waals surface area contributed by atoms with Crippen molar-refractivity contribution in [2.45, 2.75) is 19.4 Å². The van der Waals surface area contributed by atoms with E-state index in [9.17, 15) is 0 Å². The molecule has 25 heavy (non-hydrogen) atoms. The topological polar surface area (TPSA) is 58.1 Å². The summed E-state index contributed by atoms with van der Waals surface area (Å²) in [5.41, 5.74) is 2.61. The van der Waals surface area contributed by atoms with Crippen molar-refractivity contribution in [3.63, 3.8) is 0 Å². The Kier molecular flexibility index (Phi) is 8.72. The minimum Gasteiger partial charge on any atom is -0.385 e. The van der Waals surface area contributed by atoms with E-state index in [2.05, 4.69) is 51.7 Å². The number of aliphatic imine (C=N–C) groups is 1. The van der Waals surface area contributed by atoms with Crippen LogP contribution in [0, 0.1) is 6.92 Å². The van der Waals surface area contributed by atoms with Crippen LogP contribution in [-0.2, 0) is 9.47 Å². The number of morpholine rings is 1. The molecule has 6 heteroatoms. The Morgan fingerprint density at radius 1 is 1.24 bits per heavy atom. The van der Waals surface area contributed by atoms with E-state index in [1.807, 2.05) is 0 Å². The lowest BCUT2D eigenvalue weighted by Crippen LogP contribution is -2.46. The smallest absolute Gasteiger partial charge is 0.191 e. The zero-order valence-electron chi connectivity index (χ0n) is 15.8. The van der Waals surface area contributed by atoms with Gasteiger partial charge in [-0.3, -0.25) is 9.89 Å². The van der Waals surface area contributed by atoms with Crippen LogP contribution in [0.1, 0.15) is 23.6 Å². The number of methoxy groups -OCH3 is 1. The third kappa shape index (κ3) is 6.65. The van der Waals surface area contributed by atoms with Gasteiger partial charge in [0.1, 0.15) is 0 Å². The molecule has 2 rings (SSSR count). The zero-order valence-corrected chi connectivity index (χ0v) is 15.8. The molecule has 1 aromatic rings. The lowest BCUT2D eigenvalue weighted by atomic mass is 10.0. The number of hydrogen-bond acceptors (Lipinski definition) is 4. The van der Waals surface area contributed by atoms with Gasteiger partial charge in [0.2, 0.25) is 0 Å². The van der Waals surface area contributed by atoms with Crippen molar-refractivity contribution in [3.05, 3.63) is 35.4 Å². The van der Waals surface area contributed by atoms with Crippen LogP contribution in [0.15, 0.2) is 29.3 Å². The molecule has 0 radical (unpaired) electrons. The second-order valence-corrected chi connectivity index (χ2v) is 6.30. The molecule has 1 atom stereocenters. The predicted molar refractivity (Wildman–Crippen MR) is 102 cm³/mol. The third-order valence-electron chi connectivity index (χ3n) is 4.45. The molecule has 0 aliphatic carbocycles. The maximum Gasteiger partial charge on any atom is 0.191 e. The fourth-order valence-corrected chi connectivity index (χ4v) is 2.97. The lowest BCUT2D eigenvalue weighted by molar-refractivity contribution is 0.0170. The summed E-state index contributed by atoms with van der Waals surface area (Å²) in [7, 11) is 3.53. The van der Waals surface area contributed by atoms with Gasteiger partial charge in [0, 0.05) is 46.9 Å². The minimum atomic E-state index is 0.307. The first-order valence-electron chi connectivity index (χ1n) is 9.06. The molecule has 0 amide bonds. The van der Waals surface area contributed by atoms with Gasteiger partial charge in [-0.05, 0) is 18.9 Å². The highest BCUT2D eigenvalue weighted by Gasteiger charge is 2.22. The molecule has 0 spiro atoms. The van der Waals surface area contributed by atoms with Crippen LogP contribution in [-0.4, -0.2) is 71.0 Å². The molecule has 0 aromatic heterocycles. The van der Waals surface area contributed by atoms with E-state index in [0.717, 1.165) is 58.4 Å². The Morgan fingerprint density at radius 3 is 2.60 bits per heavy atom. The fraction of sp³-hybridized carbons (Fsp3) is 0.632. The zero-order chi connectivity index (χ0) is 17.9. The Hall–Kier alpha value is -1.63. The molecular formula is C19H32N4O2. The molecule has 140 valence electrons. The first-order valence-corrected chi connectivity index (χ1v) is 9.06. The molecule has 1 heterocycles. The van der Waals surface area contributed by atoms with Gasteiger partial charge in [0.15, 0.2) is 5.96 Å². The number of ether oxygens (including phenoxy) is 2. The highest BCUT2D eigenvalue weighted by atomic mass is 16.5. The molecule has 1 unspecified atom stereocenters. The molecule has 1 fully saturated rings. The quantitative estimate of drug-likeness (QED) is 0.424. The number of benzene rings is 1. The summed E-state index contributed by atoms with van der Waals surface area (Å²) in [6.07, 6.45) is 0.960. The first kappa shape index (κ1) is 19.7. The number of nitrogens with zero attached hydrogens (tertiary/aromatic N) is 2. The van der Waals surface area contributed by atoms with E-state index in [4.69, 9.17) is 9.47 Å². The average molecular weight is 348 g/mol. The summed E-state index contributed by atoms with van der Waals surface area (Å²) in [4.78, 5) is 6.81. The Balaban J connectivity index is 1.96. The second kappa shape index (κ2) is 11.1. The van der Waals surface area contributed by atoms with Crippen LogP contribution >= 0.6 is 0 Å². The van der Waals surface area contributed by atoms with Gasteiger partial charge in [0.25, 0.3) is 0 Å². The second-order valence-electron chi connectivity index (χ2n) is 6.30.